The van der Waals surface area contributed by atoms with Gasteiger partial charge >= 0.3 is 0 Å². The van der Waals surface area contributed by atoms with Crippen LogP contribution >= 0.6 is 11.6 Å². The maximum Gasteiger partial charge on any atom is 0.264 e. The van der Waals surface area contributed by atoms with E-state index in [4.69, 9.17) is 16.3 Å². The first-order valence-electron chi connectivity index (χ1n) is 10.8. The van der Waals surface area contributed by atoms with Crippen LogP contribution in [0.2, 0.25) is 5.02 Å². The van der Waals surface area contributed by atoms with Crippen molar-refractivity contribution in [2.45, 2.75) is 30.3 Å². The number of halogens is 1. The summed E-state index contributed by atoms with van der Waals surface area (Å²) in [5.74, 6) is 0.567. The van der Waals surface area contributed by atoms with Gasteiger partial charge in [0, 0.05) is 30.7 Å². The van der Waals surface area contributed by atoms with Gasteiger partial charge in [0.2, 0.25) is 0 Å². The number of phenolic OH excluding ortho intramolecular Hbond substituents is 1. The predicted octanol–water partition coefficient (Wildman–Crippen LogP) is 4.91. The molecule has 0 amide bonds. The number of rotatable bonds is 7. The highest BCUT2D eigenvalue weighted by molar-refractivity contribution is 7.92. The number of hydrogen-bond donors (Lipinski definition) is 1. The molecule has 0 saturated carbocycles. The fourth-order valence-electron chi connectivity index (χ4n) is 4.23. The Balaban J connectivity index is 1.53. The molecule has 1 heterocycles. The van der Waals surface area contributed by atoms with E-state index in [1.165, 1.54) is 7.11 Å². The highest BCUT2D eigenvalue weighted by atomic mass is 35.5. The number of para-hydroxylation sites is 1. The normalized spacial score (nSPS) is 15.3. The first-order chi connectivity index (χ1) is 15.9. The number of phenols is 1. The van der Waals surface area contributed by atoms with Crippen molar-refractivity contribution in [3.63, 3.8) is 0 Å². The second-order valence-electron chi connectivity index (χ2n) is 8.10. The number of nitrogens with zero attached hydrogens (tertiary/aromatic N) is 2. The lowest BCUT2D eigenvalue weighted by atomic mass is 10.0. The quantitative estimate of drug-likeness (QED) is 0.513. The van der Waals surface area contributed by atoms with Crippen LogP contribution in [0.15, 0.2) is 77.7 Å². The summed E-state index contributed by atoms with van der Waals surface area (Å²) in [6.07, 6.45) is 1.41. The van der Waals surface area contributed by atoms with Gasteiger partial charge in [-0.15, -0.1) is 0 Å². The van der Waals surface area contributed by atoms with Crippen molar-refractivity contribution in [3.8, 4) is 11.5 Å². The summed E-state index contributed by atoms with van der Waals surface area (Å²) in [4.78, 5) is 2.52. The van der Waals surface area contributed by atoms with Crippen LogP contribution in [0.5, 0.6) is 11.5 Å². The minimum absolute atomic E-state index is 0.117. The largest absolute Gasteiger partial charge is 0.504 e. The monoisotopic (exact) mass is 486 g/mol. The lowest BCUT2D eigenvalue weighted by Gasteiger charge is -2.39. The van der Waals surface area contributed by atoms with Crippen molar-refractivity contribution in [2.75, 3.05) is 24.5 Å². The van der Waals surface area contributed by atoms with Crippen LogP contribution in [0, 0.1) is 0 Å². The molecule has 1 aliphatic rings. The Kier molecular flexibility index (Phi) is 7.12. The van der Waals surface area contributed by atoms with Crippen LogP contribution in [-0.2, 0) is 16.6 Å². The zero-order valence-electron chi connectivity index (χ0n) is 18.4. The van der Waals surface area contributed by atoms with Crippen LogP contribution in [0.1, 0.15) is 18.4 Å². The van der Waals surface area contributed by atoms with E-state index in [0.717, 1.165) is 18.7 Å². The SMILES string of the molecule is COc1cc(CN2CCC(N(c3ccccc3)S(=O)(=O)c3ccc(Cl)cc3)CC2)ccc1O. The smallest absolute Gasteiger partial charge is 0.264 e. The highest BCUT2D eigenvalue weighted by Gasteiger charge is 2.34. The number of piperidine rings is 1. The van der Waals surface area contributed by atoms with Crippen LogP contribution in [0.25, 0.3) is 0 Å². The Labute approximate surface area is 200 Å². The van der Waals surface area contributed by atoms with Gasteiger partial charge in [0.25, 0.3) is 10.0 Å². The van der Waals surface area contributed by atoms with Crippen molar-refractivity contribution < 1.29 is 18.3 Å². The zero-order valence-corrected chi connectivity index (χ0v) is 20.0. The molecule has 174 valence electrons. The molecule has 8 heteroatoms. The maximum absolute atomic E-state index is 13.7. The topological polar surface area (TPSA) is 70.1 Å². The third kappa shape index (κ3) is 5.27. The van der Waals surface area contributed by atoms with Crippen LogP contribution in [0.3, 0.4) is 0 Å². The number of benzene rings is 3. The Morgan fingerprint density at radius 1 is 1.03 bits per heavy atom. The highest BCUT2D eigenvalue weighted by Crippen LogP contribution is 2.32. The Bertz CT molecular complexity index is 1180. The van der Waals surface area contributed by atoms with Gasteiger partial charge in [-0.05, 0) is 66.9 Å². The Morgan fingerprint density at radius 2 is 1.70 bits per heavy atom. The Hall–Kier alpha value is -2.74. The summed E-state index contributed by atoms with van der Waals surface area (Å²) < 4.78 is 34.1. The van der Waals surface area contributed by atoms with E-state index in [0.29, 0.717) is 35.8 Å². The lowest BCUT2D eigenvalue weighted by Crippen LogP contribution is -2.47. The fraction of sp³-hybridized carbons (Fsp3) is 0.280. The van der Waals surface area contributed by atoms with Crippen molar-refractivity contribution in [3.05, 3.63) is 83.4 Å². The molecule has 3 aromatic rings. The van der Waals surface area contributed by atoms with Gasteiger partial charge in [-0.3, -0.25) is 9.21 Å². The fourth-order valence-corrected chi connectivity index (χ4v) is 6.07. The van der Waals surface area contributed by atoms with Crippen molar-refractivity contribution in [1.29, 1.82) is 0 Å². The molecule has 0 atom stereocenters. The molecule has 1 fully saturated rings. The molecular formula is C25H27ClN2O4S. The van der Waals surface area contributed by atoms with E-state index in [2.05, 4.69) is 4.90 Å². The molecule has 0 aromatic heterocycles. The van der Waals surface area contributed by atoms with Gasteiger partial charge < -0.3 is 9.84 Å². The molecule has 0 aliphatic carbocycles. The minimum Gasteiger partial charge on any atom is -0.504 e. The lowest BCUT2D eigenvalue weighted by molar-refractivity contribution is 0.206. The molecule has 6 nitrogen and oxygen atoms in total. The molecule has 4 rings (SSSR count). The van der Waals surface area contributed by atoms with Crippen molar-refractivity contribution >= 4 is 27.3 Å². The van der Waals surface area contributed by atoms with Crippen LogP contribution in [0.4, 0.5) is 5.69 Å². The van der Waals surface area contributed by atoms with Crippen molar-refractivity contribution in [1.82, 2.24) is 4.90 Å². The average molecular weight is 487 g/mol. The van der Waals surface area contributed by atoms with Gasteiger partial charge in [-0.25, -0.2) is 8.42 Å². The number of ether oxygens (including phenoxy) is 1. The molecule has 1 N–H and O–H groups in total. The molecule has 0 unspecified atom stereocenters. The van der Waals surface area contributed by atoms with E-state index < -0.39 is 10.0 Å². The molecule has 0 spiro atoms. The molecule has 0 bridgehead atoms. The third-order valence-electron chi connectivity index (χ3n) is 5.92. The maximum atomic E-state index is 13.7. The predicted molar refractivity (Wildman–Crippen MR) is 131 cm³/mol. The number of likely N-dealkylation sites (tertiary alicyclic amines) is 1. The minimum atomic E-state index is -3.75. The van der Waals surface area contributed by atoms with E-state index in [1.54, 1.807) is 34.6 Å². The van der Waals surface area contributed by atoms with E-state index >= 15 is 0 Å². The van der Waals surface area contributed by atoms with E-state index in [1.807, 2.05) is 42.5 Å². The van der Waals surface area contributed by atoms with Gasteiger partial charge in [0.05, 0.1) is 17.7 Å². The van der Waals surface area contributed by atoms with Crippen LogP contribution < -0.4 is 9.04 Å². The Morgan fingerprint density at radius 3 is 2.33 bits per heavy atom. The van der Waals surface area contributed by atoms with Gasteiger partial charge in [0.15, 0.2) is 11.5 Å². The summed E-state index contributed by atoms with van der Waals surface area (Å²) >= 11 is 5.98. The second kappa shape index (κ2) is 10.0. The van der Waals surface area contributed by atoms with E-state index in [9.17, 15) is 13.5 Å². The second-order valence-corrected chi connectivity index (χ2v) is 10.4. The molecule has 1 saturated heterocycles. The number of methoxy groups -OCH3 is 1. The van der Waals surface area contributed by atoms with Crippen LogP contribution in [-0.4, -0.2) is 44.7 Å². The molecular weight excluding hydrogens is 460 g/mol. The van der Waals surface area contributed by atoms with Crippen molar-refractivity contribution in [2.24, 2.45) is 0 Å². The molecule has 3 aromatic carbocycles. The van der Waals surface area contributed by atoms with Gasteiger partial charge in [0.1, 0.15) is 0 Å². The summed E-state index contributed by atoms with van der Waals surface area (Å²) in [5, 5.41) is 10.3. The number of sulfonamides is 1. The van der Waals surface area contributed by atoms with Gasteiger partial charge in [-0.2, -0.15) is 0 Å². The summed E-state index contributed by atoms with van der Waals surface area (Å²) in [7, 11) is -2.22. The zero-order chi connectivity index (χ0) is 23.4. The standard InChI is InChI=1S/C25H27ClN2O4S/c1-32-25-17-19(7-12-24(25)29)18-27-15-13-22(14-16-27)28(21-5-3-2-4-6-21)33(30,31)23-10-8-20(26)9-11-23/h2-12,17,22,29H,13-16,18H2,1H3. The summed E-state index contributed by atoms with van der Waals surface area (Å²) in [5.41, 5.74) is 1.70. The first-order valence-corrected chi connectivity index (χ1v) is 12.6. The summed E-state index contributed by atoms with van der Waals surface area (Å²) in [6, 6.07) is 20.8. The molecule has 0 radical (unpaired) electrons. The summed E-state index contributed by atoms with van der Waals surface area (Å²) in [6.45, 7) is 2.22. The number of aromatic hydroxyl groups is 1. The van der Waals surface area contributed by atoms with Gasteiger partial charge in [-0.1, -0.05) is 35.9 Å². The average Bonchev–Trinajstić information content (AvgIpc) is 2.82. The first kappa shape index (κ1) is 23.4. The third-order valence-corrected chi connectivity index (χ3v) is 8.07. The van der Waals surface area contributed by atoms with E-state index in [-0.39, 0.29) is 16.7 Å². The number of anilines is 1. The molecule has 33 heavy (non-hydrogen) atoms. The molecule has 1 aliphatic heterocycles. The number of hydrogen-bond acceptors (Lipinski definition) is 5.